The maximum atomic E-state index is 2.45. The molecule has 0 fully saturated rings. The van der Waals surface area contributed by atoms with E-state index < -0.39 is 0 Å². The second-order valence-corrected chi connectivity index (χ2v) is 13.6. The number of anilines is 3. The Balaban J connectivity index is 1.24. The Kier molecular flexibility index (Phi) is 6.12. The minimum absolute atomic E-state index is 1.13. The van der Waals surface area contributed by atoms with Gasteiger partial charge in [-0.1, -0.05) is 127 Å². The zero-order valence-corrected chi connectivity index (χ0v) is 26.9. The quantitative estimate of drug-likeness (QED) is 0.176. The number of thiophene rings is 1. The number of nitrogens with zero attached hydrogens (tertiary/aromatic N) is 1. The highest BCUT2D eigenvalue weighted by atomic mass is 32.1. The van der Waals surface area contributed by atoms with Gasteiger partial charge in [-0.15, -0.1) is 11.3 Å². The number of hydrogen-bond acceptors (Lipinski definition) is 2. The molecule has 0 aliphatic heterocycles. The SMILES string of the molecule is c1ccc(-c2ccc(N(c3ccc4cc5sc6ccccc6c5cc4c3)c3cc4ccc5ccccc5c4c4ccccc34)cc2)cc1. The normalized spacial score (nSPS) is 11.8. The highest BCUT2D eigenvalue weighted by molar-refractivity contribution is 7.25. The molecule has 0 unspecified atom stereocenters. The summed E-state index contributed by atoms with van der Waals surface area (Å²) in [6.45, 7) is 0. The van der Waals surface area contributed by atoms with Gasteiger partial charge in [0.15, 0.2) is 0 Å². The van der Waals surface area contributed by atoms with Gasteiger partial charge in [0, 0.05) is 36.9 Å². The molecule has 0 radical (unpaired) electrons. The molecule has 0 amide bonds. The van der Waals surface area contributed by atoms with Crippen molar-refractivity contribution in [1.82, 2.24) is 0 Å². The lowest BCUT2D eigenvalue weighted by atomic mass is 9.94. The molecule has 0 aliphatic rings. The third-order valence-corrected chi connectivity index (χ3v) is 10.9. The van der Waals surface area contributed by atoms with E-state index in [1.54, 1.807) is 0 Å². The molecule has 0 saturated carbocycles. The summed E-state index contributed by atoms with van der Waals surface area (Å²) in [5.74, 6) is 0. The highest BCUT2D eigenvalue weighted by Gasteiger charge is 2.19. The van der Waals surface area contributed by atoms with Crippen molar-refractivity contribution in [3.8, 4) is 11.1 Å². The molecular weight excluding hydrogens is 599 g/mol. The zero-order chi connectivity index (χ0) is 31.6. The van der Waals surface area contributed by atoms with Crippen LogP contribution in [0, 0.1) is 0 Å². The summed E-state index contributed by atoms with van der Waals surface area (Å²) in [7, 11) is 0. The van der Waals surface area contributed by atoms with Crippen molar-refractivity contribution in [3.63, 3.8) is 0 Å². The van der Waals surface area contributed by atoms with E-state index in [0.717, 1.165) is 11.4 Å². The molecule has 10 rings (SSSR count). The molecule has 1 aromatic heterocycles. The van der Waals surface area contributed by atoms with Gasteiger partial charge in [0.05, 0.1) is 5.69 Å². The average molecular weight is 628 g/mol. The van der Waals surface area contributed by atoms with E-state index in [-0.39, 0.29) is 0 Å². The fourth-order valence-corrected chi connectivity index (χ4v) is 8.64. The van der Waals surface area contributed by atoms with E-state index in [1.807, 2.05) is 11.3 Å². The van der Waals surface area contributed by atoms with Gasteiger partial charge in [0.1, 0.15) is 0 Å². The molecule has 0 atom stereocenters. The Morgan fingerprint density at radius 3 is 1.83 bits per heavy atom. The van der Waals surface area contributed by atoms with E-state index in [9.17, 15) is 0 Å². The lowest BCUT2D eigenvalue weighted by Crippen LogP contribution is -2.10. The molecule has 2 heteroatoms. The van der Waals surface area contributed by atoms with E-state index >= 15 is 0 Å². The van der Waals surface area contributed by atoms with Crippen LogP contribution >= 0.6 is 11.3 Å². The van der Waals surface area contributed by atoms with Crippen LogP contribution in [0.2, 0.25) is 0 Å². The molecule has 9 aromatic carbocycles. The molecule has 0 N–H and O–H groups in total. The summed E-state index contributed by atoms with van der Waals surface area (Å²) in [4.78, 5) is 2.45. The fourth-order valence-electron chi connectivity index (χ4n) is 7.50. The van der Waals surface area contributed by atoms with Crippen molar-refractivity contribution >= 4 is 91.7 Å². The second-order valence-electron chi connectivity index (χ2n) is 12.6. The molecule has 1 nitrogen and oxygen atoms in total. The molecule has 1 heterocycles. The molecule has 224 valence electrons. The lowest BCUT2D eigenvalue weighted by molar-refractivity contribution is 1.31. The number of rotatable bonds is 4. The van der Waals surface area contributed by atoms with Gasteiger partial charge in [0.2, 0.25) is 0 Å². The Hall–Kier alpha value is -5.96. The predicted molar refractivity (Wildman–Crippen MR) is 209 cm³/mol. The van der Waals surface area contributed by atoms with Crippen LogP contribution in [-0.4, -0.2) is 0 Å². The average Bonchev–Trinajstić information content (AvgIpc) is 3.51. The van der Waals surface area contributed by atoms with Crippen LogP contribution in [0.4, 0.5) is 17.1 Å². The van der Waals surface area contributed by atoms with Crippen LogP contribution in [0.3, 0.4) is 0 Å². The third-order valence-electron chi connectivity index (χ3n) is 9.78. The summed E-state index contributed by atoms with van der Waals surface area (Å²) in [6, 6.07) is 64.6. The summed E-state index contributed by atoms with van der Waals surface area (Å²) in [5.41, 5.74) is 5.86. The van der Waals surface area contributed by atoms with Crippen LogP contribution in [0.25, 0.3) is 74.4 Å². The first kappa shape index (κ1) is 27.2. The lowest BCUT2D eigenvalue weighted by Gasteiger charge is -2.28. The first-order valence-corrected chi connectivity index (χ1v) is 17.2. The number of benzene rings is 9. The maximum Gasteiger partial charge on any atom is 0.0546 e. The first-order valence-electron chi connectivity index (χ1n) is 16.4. The van der Waals surface area contributed by atoms with Gasteiger partial charge in [-0.3, -0.25) is 0 Å². The predicted octanol–water partition coefficient (Wildman–Crippen LogP) is 13.8. The summed E-state index contributed by atoms with van der Waals surface area (Å²) >= 11 is 1.87. The largest absolute Gasteiger partial charge is 0.310 e. The van der Waals surface area contributed by atoms with Crippen molar-refractivity contribution in [2.75, 3.05) is 4.90 Å². The van der Waals surface area contributed by atoms with E-state index in [0.29, 0.717) is 0 Å². The van der Waals surface area contributed by atoms with Gasteiger partial charge < -0.3 is 4.90 Å². The Bertz CT molecular complexity index is 2830. The monoisotopic (exact) mass is 627 g/mol. The van der Waals surface area contributed by atoms with E-state index in [4.69, 9.17) is 0 Å². The Morgan fingerprint density at radius 1 is 0.333 bits per heavy atom. The van der Waals surface area contributed by atoms with Crippen molar-refractivity contribution in [1.29, 1.82) is 0 Å². The second kappa shape index (κ2) is 10.8. The molecule has 10 aromatic rings. The minimum Gasteiger partial charge on any atom is -0.310 e. The smallest absolute Gasteiger partial charge is 0.0546 e. The van der Waals surface area contributed by atoms with Crippen molar-refractivity contribution < 1.29 is 0 Å². The van der Waals surface area contributed by atoms with Gasteiger partial charge in [-0.05, 0) is 97.4 Å². The molecule has 0 saturated heterocycles. The van der Waals surface area contributed by atoms with Crippen molar-refractivity contribution in [3.05, 3.63) is 176 Å². The topological polar surface area (TPSA) is 3.24 Å². The Morgan fingerprint density at radius 2 is 0.979 bits per heavy atom. The van der Waals surface area contributed by atoms with Crippen LogP contribution in [0.1, 0.15) is 0 Å². The standard InChI is InChI=1S/C46H29NS/c1-2-10-30(11-3-1)31-20-23-36(24-21-31)47(37-25-22-33-29-45-42(27-35(33)26-37)40-15-8-9-17-44(40)48-45)43-28-34-19-18-32-12-4-5-13-38(32)46(34)41-16-7-6-14-39(41)43/h1-29H. The zero-order valence-electron chi connectivity index (χ0n) is 26.1. The van der Waals surface area contributed by atoms with Gasteiger partial charge in [-0.2, -0.15) is 0 Å². The van der Waals surface area contributed by atoms with Gasteiger partial charge in [-0.25, -0.2) is 0 Å². The number of hydrogen-bond donors (Lipinski definition) is 0. The summed E-state index contributed by atoms with van der Waals surface area (Å²) < 4.78 is 2.66. The minimum atomic E-state index is 1.13. The molecule has 0 spiro atoms. The highest BCUT2D eigenvalue weighted by Crippen LogP contribution is 2.45. The fraction of sp³-hybridized carbons (Fsp3) is 0. The van der Waals surface area contributed by atoms with E-state index in [2.05, 4.69) is 181 Å². The maximum absolute atomic E-state index is 2.45. The Labute approximate surface area is 282 Å². The van der Waals surface area contributed by atoms with Crippen LogP contribution in [0.5, 0.6) is 0 Å². The van der Waals surface area contributed by atoms with Crippen LogP contribution < -0.4 is 4.90 Å². The van der Waals surface area contributed by atoms with Gasteiger partial charge in [0.25, 0.3) is 0 Å². The van der Waals surface area contributed by atoms with Gasteiger partial charge >= 0.3 is 0 Å². The summed E-state index contributed by atoms with van der Waals surface area (Å²) in [5, 5.41) is 12.7. The molecule has 48 heavy (non-hydrogen) atoms. The summed E-state index contributed by atoms with van der Waals surface area (Å²) in [6.07, 6.45) is 0. The van der Waals surface area contributed by atoms with E-state index in [1.165, 1.54) is 80.1 Å². The molecule has 0 bridgehead atoms. The van der Waals surface area contributed by atoms with Crippen LogP contribution in [0.15, 0.2) is 176 Å². The van der Waals surface area contributed by atoms with Crippen LogP contribution in [-0.2, 0) is 0 Å². The molecular formula is C46H29NS. The number of fused-ring (bicyclic) bond motifs is 9. The molecule has 0 aliphatic carbocycles. The van der Waals surface area contributed by atoms with Crippen molar-refractivity contribution in [2.24, 2.45) is 0 Å². The van der Waals surface area contributed by atoms with Crippen molar-refractivity contribution in [2.45, 2.75) is 0 Å². The third kappa shape index (κ3) is 4.31. The first-order chi connectivity index (χ1) is 23.8.